The molecule has 0 aromatic carbocycles. The van der Waals surface area contributed by atoms with Crippen LogP contribution in [-0.2, 0) is 19.9 Å². The molecule has 1 aromatic heterocycles. The van der Waals surface area contributed by atoms with Crippen molar-refractivity contribution in [3.05, 3.63) is 21.9 Å². The molecule has 0 aliphatic carbocycles. The van der Waals surface area contributed by atoms with Gasteiger partial charge in [-0.05, 0) is 25.0 Å². The van der Waals surface area contributed by atoms with E-state index in [1.165, 1.54) is 6.07 Å². The Balaban J connectivity index is 2.30. The molecule has 1 aromatic rings. The summed E-state index contributed by atoms with van der Waals surface area (Å²) in [5.41, 5.74) is 0.639. The minimum absolute atomic E-state index is 0.0700. The molecule has 20 heavy (non-hydrogen) atoms. The fraction of sp³-hybridized carbons (Fsp3) is 0.500. The molecule has 0 amide bonds. The largest absolute Gasteiger partial charge is 0.280 e. The smallest absolute Gasteiger partial charge is 0.236 e. The van der Waals surface area contributed by atoms with Crippen LogP contribution < -0.4 is 4.72 Å². The van der Waals surface area contributed by atoms with Gasteiger partial charge in [0.15, 0.2) is 15.0 Å². The molecule has 1 fully saturated rings. The first-order valence-electron chi connectivity index (χ1n) is 5.65. The monoisotopic (exact) mass is 358 g/mol. The van der Waals surface area contributed by atoms with Crippen LogP contribution in [0, 0.1) is 6.92 Å². The number of pyridine rings is 1. The maximum Gasteiger partial charge on any atom is 0.236 e. The topological polar surface area (TPSA) is 93.2 Å². The summed E-state index contributed by atoms with van der Waals surface area (Å²) in [5.74, 6) is -0.496. The SMILES string of the molecule is Cc1cc(Cl)nc(Cl)c1NS(=O)(=O)C1CCS(=O)(=O)C1. The van der Waals surface area contributed by atoms with Crippen LogP contribution in [0.3, 0.4) is 0 Å². The molecular weight excluding hydrogens is 347 g/mol. The van der Waals surface area contributed by atoms with Crippen molar-refractivity contribution in [1.82, 2.24) is 4.98 Å². The minimum Gasteiger partial charge on any atom is -0.280 e. The van der Waals surface area contributed by atoms with Gasteiger partial charge >= 0.3 is 0 Å². The van der Waals surface area contributed by atoms with Crippen molar-refractivity contribution in [1.29, 1.82) is 0 Å². The van der Waals surface area contributed by atoms with E-state index in [2.05, 4.69) is 9.71 Å². The molecule has 0 saturated carbocycles. The molecule has 1 aliphatic rings. The van der Waals surface area contributed by atoms with E-state index in [0.717, 1.165) is 0 Å². The summed E-state index contributed by atoms with van der Waals surface area (Å²) < 4.78 is 49.4. The third kappa shape index (κ3) is 3.36. The zero-order chi connectivity index (χ0) is 15.1. The number of anilines is 1. The molecule has 1 aliphatic heterocycles. The summed E-state index contributed by atoms with van der Waals surface area (Å²) in [6.45, 7) is 1.63. The van der Waals surface area contributed by atoms with Crippen molar-refractivity contribution in [2.24, 2.45) is 0 Å². The van der Waals surface area contributed by atoms with Crippen molar-refractivity contribution >= 4 is 48.7 Å². The highest BCUT2D eigenvalue weighted by Gasteiger charge is 2.37. The molecule has 10 heteroatoms. The van der Waals surface area contributed by atoms with Crippen LogP contribution in [0.5, 0.6) is 0 Å². The minimum atomic E-state index is -3.84. The lowest BCUT2D eigenvalue weighted by Crippen LogP contribution is -2.29. The number of hydrogen-bond acceptors (Lipinski definition) is 5. The number of nitrogens with one attached hydrogen (secondary N) is 1. The van der Waals surface area contributed by atoms with Crippen LogP contribution in [-0.4, -0.2) is 38.6 Å². The second-order valence-electron chi connectivity index (χ2n) is 4.60. The number of aryl methyl sites for hydroxylation is 1. The predicted octanol–water partition coefficient (Wildman–Crippen LogP) is 1.63. The lowest BCUT2D eigenvalue weighted by atomic mass is 10.3. The van der Waals surface area contributed by atoms with E-state index in [0.29, 0.717) is 5.56 Å². The van der Waals surface area contributed by atoms with Gasteiger partial charge in [-0.25, -0.2) is 21.8 Å². The average Bonchev–Trinajstić information content (AvgIpc) is 2.65. The van der Waals surface area contributed by atoms with E-state index in [4.69, 9.17) is 23.2 Å². The summed E-state index contributed by atoms with van der Waals surface area (Å²) >= 11 is 11.6. The van der Waals surface area contributed by atoms with Gasteiger partial charge in [0.1, 0.15) is 5.15 Å². The number of aromatic nitrogens is 1. The van der Waals surface area contributed by atoms with Gasteiger partial charge in [0.25, 0.3) is 0 Å². The zero-order valence-corrected chi connectivity index (χ0v) is 13.6. The Bertz CT molecular complexity index is 724. The van der Waals surface area contributed by atoms with Crippen LogP contribution >= 0.6 is 23.2 Å². The van der Waals surface area contributed by atoms with Gasteiger partial charge in [-0.3, -0.25) is 4.72 Å². The first kappa shape index (κ1) is 15.8. The van der Waals surface area contributed by atoms with E-state index in [1.807, 2.05) is 0 Å². The maximum absolute atomic E-state index is 12.2. The summed E-state index contributed by atoms with van der Waals surface area (Å²) in [4.78, 5) is 3.76. The maximum atomic E-state index is 12.2. The number of rotatable bonds is 3. The lowest BCUT2D eigenvalue weighted by molar-refractivity contribution is 0.587. The summed E-state index contributed by atoms with van der Waals surface area (Å²) in [5, 5.41) is -0.892. The lowest BCUT2D eigenvalue weighted by Gasteiger charge is -2.15. The molecule has 1 unspecified atom stereocenters. The average molecular weight is 359 g/mol. The molecule has 1 saturated heterocycles. The number of sulfone groups is 1. The summed E-state index contributed by atoms with van der Waals surface area (Å²) in [6, 6.07) is 1.47. The Hall–Kier alpha value is -0.570. The number of sulfonamides is 1. The van der Waals surface area contributed by atoms with Gasteiger partial charge in [0.05, 0.1) is 22.4 Å². The van der Waals surface area contributed by atoms with E-state index in [9.17, 15) is 16.8 Å². The molecule has 2 rings (SSSR count). The molecule has 0 spiro atoms. The number of halogens is 2. The van der Waals surface area contributed by atoms with Gasteiger partial charge in [0, 0.05) is 0 Å². The van der Waals surface area contributed by atoms with Gasteiger partial charge in [-0.1, -0.05) is 23.2 Å². The standard InChI is InChI=1S/C10H12Cl2N2O4S2/c1-6-4-8(11)13-10(12)9(6)14-20(17,18)7-2-3-19(15,16)5-7/h4,7,14H,2-3,5H2,1H3. The van der Waals surface area contributed by atoms with E-state index in [-0.39, 0.29) is 33.9 Å². The summed E-state index contributed by atoms with van der Waals surface area (Å²) in [6.07, 6.45) is 0.0787. The van der Waals surface area contributed by atoms with Crippen molar-refractivity contribution in [2.45, 2.75) is 18.6 Å². The van der Waals surface area contributed by atoms with E-state index >= 15 is 0 Å². The van der Waals surface area contributed by atoms with Crippen LogP contribution in [0.15, 0.2) is 6.07 Å². The zero-order valence-electron chi connectivity index (χ0n) is 10.4. The van der Waals surface area contributed by atoms with Gasteiger partial charge in [-0.15, -0.1) is 0 Å². The Morgan fingerprint density at radius 2 is 2.05 bits per heavy atom. The third-order valence-corrected chi connectivity index (χ3v) is 7.23. The van der Waals surface area contributed by atoms with Gasteiger partial charge in [0.2, 0.25) is 10.0 Å². The third-order valence-electron chi connectivity index (χ3n) is 3.02. The molecule has 0 radical (unpaired) electrons. The second kappa shape index (κ2) is 5.32. The van der Waals surface area contributed by atoms with Crippen molar-refractivity contribution in [2.75, 3.05) is 16.2 Å². The molecule has 2 heterocycles. The molecule has 1 atom stereocenters. The fourth-order valence-electron chi connectivity index (χ4n) is 1.95. The normalized spacial score (nSPS) is 21.9. The van der Waals surface area contributed by atoms with Crippen molar-refractivity contribution in [3.63, 3.8) is 0 Å². The molecule has 0 bridgehead atoms. The Morgan fingerprint density at radius 3 is 2.55 bits per heavy atom. The Labute approximate surface area is 127 Å². The molecule has 1 N–H and O–H groups in total. The quantitative estimate of drug-likeness (QED) is 0.828. The fourth-order valence-corrected chi connectivity index (χ4v) is 6.75. The summed E-state index contributed by atoms with van der Waals surface area (Å²) in [7, 11) is -7.13. The highest BCUT2D eigenvalue weighted by atomic mass is 35.5. The van der Waals surface area contributed by atoms with E-state index < -0.39 is 25.1 Å². The second-order valence-corrected chi connectivity index (χ2v) is 9.53. The van der Waals surface area contributed by atoms with Crippen LogP contribution in [0.1, 0.15) is 12.0 Å². The van der Waals surface area contributed by atoms with Crippen LogP contribution in [0.2, 0.25) is 10.3 Å². The molecule has 6 nitrogen and oxygen atoms in total. The first-order valence-corrected chi connectivity index (χ1v) is 9.78. The predicted molar refractivity (Wildman–Crippen MR) is 78.6 cm³/mol. The molecular formula is C10H12Cl2N2O4S2. The van der Waals surface area contributed by atoms with Crippen LogP contribution in [0.25, 0.3) is 0 Å². The Morgan fingerprint density at radius 1 is 1.40 bits per heavy atom. The highest BCUT2D eigenvalue weighted by Crippen LogP contribution is 2.29. The van der Waals surface area contributed by atoms with Gasteiger partial charge in [-0.2, -0.15) is 0 Å². The Kier molecular flexibility index (Phi) is 4.21. The van der Waals surface area contributed by atoms with Crippen molar-refractivity contribution in [3.8, 4) is 0 Å². The number of nitrogens with zero attached hydrogens (tertiary/aromatic N) is 1. The van der Waals surface area contributed by atoms with Gasteiger partial charge < -0.3 is 0 Å². The van der Waals surface area contributed by atoms with E-state index in [1.54, 1.807) is 6.92 Å². The number of hydrogen-bond donors (Lipinski definition) is 1. The highest BCUT2D eigenvalue weighted by molar-refractivity contribution is 7.97. The molecule has 112 valence electrons. The first-order chi connectivity index (χ1) is 9.11. The van der Waals surface area contributed by atoms with Crippen molar-refractivity contribution < 1.29 is 16.8 Å². The van der Waals surface area contributed by atoms with Crippen LogP contribution in [0.4, 0.5) is 5.69 Å².